The zero-order valence-electron chi connectivity index (χ0n) is 24.8. The summed E-state index contributed by atoms with van der Waals surface area (Å²) in [5, 5.41) is 0. The Balaban J connectivity index is 4.63. The second-order valence-corrected chi connectivity index (χ2v) is 11.9. The van der Waals surface area contributed by atoms with E-state index in [-0.39, 0.29) is 19.3 Å². The standard InChI is InChI=1S/C30H57O7P/c1-4-7-10-13-16-19-22-25-28(31)35-38(34,36-29(32)26-23-20-17-14-11-8-5-2)37-30(33)27-24-21-18-15-12-9-6-3/h4-27H2,1-3H3. The first-order valence-corrected chi connectivity index (χ1v) is 17.1. The van der Waals surface area contributed by atoms with E-state index in [1.54, 1.807) is 0 Å². The highest BCUT2D eigenvalue weighted by molar-refractivity contribution is 7.50. The highest BCUT2D eigenvalue weighted by Gasteiger charge is 2.38. The van der Waals surface area contributed by atoms with E-state index in [1.165, 1.54) is 57.8 Å². The van der Waals surface area contributed by atoms with Crippen LogP contribution in [-0.4, -0.2) is 17.9 Å². The van der Waals surface area contributed by atoms with Crippen molar-refractivity contribution in [3.63, 3.8) is 0 Å². The lowest BCUT2D eigenvalue weighted by Crippen LogP contribution is -2.14. The Hall–Kier alpha value is -1.36. The summed E-state index contributed by atoms with van der Waals surface area (Å²) < 4.78 is 28.1. The van der Waals surface area contributed by atoms with Crippen molar-refractivity contribution in [3.8, 4) is 0 Å². The monoisotopic (exact) mass is 560 g/mol. The lowest BCUT2D eigenvalue weighted by atomic mass is 10.1. The van der Waals surface area contributed by atoms with Gasteiger partial charge in [-0.25, -0.2) is 0 Å². The van der Waals surface area contributed by atoms with Crippen LogP contribution in [0.1, 0.15) is 175 Å². The average molecular weight is 561 g/mol. The molecule has 0 aromatic heterocycles. The normalized spacial score (nSPS) is 11.3. The van der Waals surface area contributed by atoms with E-state index in [4.69, 9.17) is 13.6 Å². The van der Waals surface area contributed by atoms with Gasteiger partial charge in [0.05, 0.1) is 0 Å². The van der Waals surface area contributed by atoms with Crippen molar-refractivity contribution in [2.75, 3.05) is 0 Å². The maximum Gasteiger partial charge on any atom is 0.653 e. The van der Waals surface area contributed by atoms with Gasteiger partial charge in [0.15, 0.2) is 0 Å². The second kappa shape index (κ2) is 25.9. The fourth-order valence-electron chi connectivity index (χ4n) is 4.25. The van der Waals surface area contributed by atoms with Crippen molar-refractivity contribution in [3.05, 3.63) is 0 Å². The molecule has 0 heterocycles. The van der Waals surface area contributed by atoms with E-state index in [9.17, 15) is 18.9 Å². The molecule has 0 aromatic rings. The predicted molar refractivity (Wildman–Crippen MR) is 154 cm³/mol. The molecule has 0 amide bonds. The van der Waals surface area contributed by atoms with Crippen molar-refractivity contribution in [2.45, 2.75) is 175 Å². The van der Waals surface area contributed by atoms with Crippen LogP contribution in [0.5, 0.6) is 0 Å². The van der Waals surface area contributed by atoms with Gasteiger partial charge in [-0.05, 0) is 19.3 Å². The first-order chi connectivity index (χ1) is 18.4. The van der Waals surface area contributed by atoms with Crippen molar-refractivity contribution >= 4 is 25.7 Å². The van der Waals surface area contributed by atoms with Crippen LogP contribution in [0.2, 0.25) is 0 Å². The molecule has 0 fully saturated rings. The van der Waals surface area contributed by atoms with Gasteiger partial charge in [0.25, 0.3) is 0 Å². The number of carbonyl (C=O) groups excluding carboxylic acids is 3. The van der Waals surface area contributed by atoms with Gasteiger partial charge in [-0.3, -0.25) is 14.4 Å². The van der Waals surface area contributed by atoms with E-state index >= 15 is 0 Å². The molecule has 0 unspecified atom stereocenters. The summed E-state index contributed by atoms with van der Waals surface area (Å²) in [7, 11) is -4.65. The van der Waals surface area contributed by atoms with Gasteiger partial charge in [0.2, 0.25) is 0 Å². The van der Waals surface area contributed by atoms with Crippen LogP contribution in [0, 0.1) is 0 Å². The molecule has 224 valence electrons. The Morgan fingerprint density at radius 1 is 0.395 bits per heavy atom. The lowest BCUT2D eigenvalue weighted by molar-refractivity contribution is -0.144. The number of hydrogen-bond donors (Lipinski definition) is 0. The summed E-state index contributed by atoms with van der Waals surface area (Å²) in [5.74, 6) is -2.31. The molecule has 8 heteroatoms. The van der Waals surface area contributed by atoms with Gasteiger partial charge in [0.1, 0.15) is 0 Å². The number of carbonyl (C=O) groups is 3. The van der Waals surface area contributed by atoms with Gasteiger partial charge in [-0.1, -0.05) is 136 Å². The fourth-order valence-corrected chi connectivity index (χ4v) is 5.38. The molecule has 0 aromatic carbocycles. The summed E-state index contributed by atoms with van der Waals surface area (Å²) in [6.45, 7) is 6.49. The van der Waals surface area contributed by atoms with Crippen LogP contribution in [0.15, 0.2) is 0 Å². The third-order valence-corrected chi connectivity index (χ3v) is 7.88. The Morgan fingerprint density at radius 2 is 0.605 bits per heavy atom. The summed E-state index contributed by atoms with van der Waals surface area (Å²) in [5.41, 5.74) is 0. The number of rotatable bonds is 27. The minimum Gasteiger partial charge on any atom is -0.352 e. The maximum atomic E-state index is 13.1. The molecule has 0 rings (SSSR count). The van der Waals surface area contributed by atoms with Crippen molar-refractivity contribution in [1.29, 1.82) is 0 Å². The van der Waals surface area contributed by atoms with Gasteiger partial charge in [-0.2, -0.15) is 4.57 Å². The highest BCUT2D eigenvalue weighted by atomic mass is 31.2. The SMILES string of the molecule is CCCCCCCCCC(=O)OP(=O)(OC(=O)CCCCCCCCC)OC(=O)CCCCCCCCC. The molecule has 0 aliphatic heterocycles. The lowest BCUT2D eigenvalue weighted by Gasteiger charge is -2.16. The first kappa shape index (κ1) is 36.6. The first-order valence-electron chi connectivity index (χ1n) is 15.6. The summed E-state index contributed by atoms with van der Waals surface area (Å²) >= 11 is 0. The minimum absolute atomic E-state index is 0.0440. The van der Waals surface area contributed by atoms with Crippen molar-refractivity contribution < 1.29 is 32.5 Å². The zero-order valence-corrected chi connectivity index (χ0v) is 25.7. The minimum atomic E-state index is -4.65. The quantitative estimate of drug-likeness (QED) is 0.0728. The zero-order chi connectivity index (χ0) is 28.3. The second-order valence-electron chi connectivity index (χ2n) is 10.5. The van der Waals surface area contributed by atoms with Crippen molar-refractivity contribution in [1.82, 2.24) is 0 Å². The van der Waals surface area contributed by atoms with Crippen molar-refractivity contribution in [2.24, 2.45) is 0 Å². The molecule has 0 spiro atoms. The molecular weight excluding hydrogens is 503 g/mol. The number of phosphoric acid groups is 1. The van der Waals surface area contributed by atoms with Crippen LogP contribution >= 0.6 is 7.82 Å². The van der Waals surface area contributed by atoms with Gasteiger partial charge in [-0.15, -0.1) is 0 Å². The number of unbranched alkanes of at least 4 members (excludes halogenated alkanes) is 18. The number of phosphoric ester groups is 1. The third kappa shape index (κ3) is 23.7. The predicted octanol–water partition coefficient (Wildman–Crippen LogP) is 10.1. The summed E-state index contributed by atoms with van der Waals surface area (Å²) in [6, 6.07) is 0. The molecule has 0 radical (unpaired) electrons. The summed E-state index contributed by atoms with van der Waals surface area (Å²) in [4.78, 5) is 37.1. The smallest absolute Gasteiger partial charge is 0.352 e. The number of hydrogen-bond acceptors (Lipinski definition) is 7. The van der Waals surface area contributed by atoms with Crippen LogP contribution in [0.4, 0.5) is 0 Å². The molecule has 0 aliphatic carbocycles. The molecule has 0 N–H and O–H groups in total. The molecule has 0 bridgehead atoms. The molecule has 0 atom stereocenters. The van der Waals surface area contributed by atoms with Crippen LogP contribution in [0.25, 0.3) is 0 Å². The van der Waals surface area contributed by atoms with Crippen LogP contribution < -0.4 is 0 Å². The topological polar surface area (TPSA) is 96.0 Å². The molecule has 7 nitrogen and oxygen atoms in total. The largest absolute Gasteiger partial charge is 0.653 e. The van der Waals surface area contributed by atoms with E-state index in [2.05, 4.69) is 20.8 Å². The van der Waals surface area contributed by atoms with Crippen LogP contribution in [0.3, 0.4) is 0 Å². The Labute approximate surface area is 233 Å². The van der Waals surface area contributed by atoms with E-state index in [0.29, 0.717) is 19.3 Å². The summed E-state index contributed by atoms with van der Waals surface area (Å²) in [6.07, 6.45) is 21.6. The van der Waals surface area contributed by atoms with Gasteiger partial charge < -0.3 is 13.6 Å². The fraction of sp³-hybridized carbons (Fsp3) is 0.900. The Morgan fingerprint density at radius 3 is 0.842 bits per heavy atom. The van der Waals surface area contributed by atoms with Crippen LogP contribution in [-0.2, 0) is 32.5 Å². The Kier molecular flexibility index (Phi) is 25.0. The van der Waals surface area contributed by atoms with E-state index in [1.807, 2.05) is 0 Å². The molecule has 38 heavy (non-hydrogen) atoms. The van der Waals surface area contributed by atoms with E-state index < -0.39 is 25.7 Å². The Bertz CT molecular complexity index is 565. The molecular formula is C30H57O7P. The van der Waals surface area contributed by atoms with Gasteiger partial charge in [0, 0.05) is 19.3 Å². The highest BCUT2D eigenvalue weighted by Crippen LogP contribution is 2.51. The molecule has 0 saturated carbocycles. The molecule has 0 aliphatic rings. The molecule has 0 saturated heterocycles. The van der Waals surface area contributed by atoms with E-state index in [0.717, 1.165) is 57.8 Å². The average Bonchev–Trinajstić information content (AvgIpc) is 2.86. The third-order valence-electron chi connectivity index (χ3n) is 6.59. The van der Waals surface area contributed by atoms with Gasteiger partial charge >= 0.3 is 25.7 Å². The maximum absolute atomic E-state index is 13.1.